The van der Waals surface area contributed by atoms with Crippen molar-refractivity contribution in [3.05, 3.63) is 70.8 Å². The molecular weight excluding hydrogens is 346 g/mol. The molecule has 0 aliphatic heterocycles. The van der Waals surface area contributed by atoms with Crippen molar-refractivity contribution < 1.29 is 24.2 Å². The third kappa shape index (κ3) is 3.60. The summed E-state index contributed by atoms with van der Waals surface area (Å²) in [6, 6.07) is 13.6. The molecule has 6 nitrogen and oxygen atoms in total. The van der Waals surface area contributed by atoms with E-state index in [0.717, 1.165) is 0 Å². The fourth-order valence-electron chi connectivity index (χ4n) is 3.13. The second-order valence-electron chi connectivity index (χ2n) is 6.26. The van der Waals surface area contributed by atoms with Crippen LogP contribution in [0.2, 0.25) is 0 Å². The summed E-state index contributed by atoms with van der Waals surface area (Å²) in [5.41, 5.74) is 2.03. The molecule has 1 aliphatic rings. The Morgan fingerprint density at radius 3 is 2.15 bits per heavy atom. The van der Waals surface area contributed by atoms with E-state index < -0.39 is 5.97 Å². The number of carbonyl (C=O) groups is 3. The Kier molecular flexibility index (Phi) is 5.07. The zero-order chi connectivity index (χ0) is 19.6. The van der Waals surface area contributed by atoms with E-state index in [0.29, 0.717) is 33.7 Å². The summed E-state index contributed by atoms with van der Waals surface area (Å²) in [5.74, 6) is -0.835. The van der Waals surface area contributed by atoms with Crippen molar-refractivity contribution in [3.63, 3.8) is 0 Å². The standard InChI is InChI=1S/C21H19NO5/c1-13-18(21(26)17-6-4-3-5-16(17)20(13)25)11-22(12-19(23)24)14-7-9-15(27-2)10-8-14/h3-10H,11-12H2,1-2H3,(H,23,24). The molecule has 0 heterocycles. The summed E-state index contributed by atoms with van der Waals surface area (Å²) in [6.45, 7) is 1.34. The van der Waals surface area contributed by atoms with Gasteiger partial charge in [0, 0.05) is 34.5 Å². The fraction of sp³-hybridized carbons (Fsp3) is 0.190. The zero-order valence-electron chi connectivity index (χ0n) is 15.1. The van der Waals surface area contributed by atoms with Crippen molar-refractivity contribution in [2.45, 2.75) is 6.92 Å². The number of carboxylic acid groups (broad SMARTS) is 1. The van der Waals surface area contributed by atoms with Gasteiger partial charge in [0.15, 0.2) is 11.6 Å². The van der Waals surface area contributed by atoms with E-state index in [-0.39, 0.29) is 24.7 Å². The second kappa shape index (κ2) is 7.45. The number of benzene rings is 2. The topological polar surface area (TPSA) is 83.9 Å². The van der Waals surface area contributed by atoms with Gasteiger partial charge in [-0.2, -0.15) is 0 Å². The van der Waals surface area contributed by atoms with Gasteiger partial charge < -0.3 is 14.7 Å². The number of methoxy groups -OCH3 is 1. The van der Waals surface area contributed by atoms with Crippen LogP contribution in [0.4, 0.5) is 5.69 Å². The van der Waals surface area contributed by atoms with E-state index >= 15 is 0 Å². The molecule has 0 saturated carbocycles. The lowest BCUT2D eigenvalue weighted by Crippen LogP contribution is -2.35. The number of allylic oxidation sites excluding steroid dienone is 1. The molecule has 1 aliphatic carbocycles. The van der Waals surface area contributed by atoms with Gasteiger partial charge in [-0.15, -0.1) is 0 Å². The maximum atomic E-state index is 12.9. The highest BCUT2D eigenvalue weighted by molar-refractivity contribution is 6.27. The summed E-state index contributed by atoms with van der Waals surface area (Å²) < 4.78 is 5.12. The second-order valence-corrected chi connectivity index (χ2v) is 6.26. The minimum Gasteiger partial charge on any atom is -0.497 e. The number of nitrogens with zero attached hydrogens (tertiary/aromatic N) is 1. The number of carboxylic acids is 1. The van der Waals surface area contributed by atoms with E-state index in [9.17, 15) is 19.5 Å². The van der Waals surface area contributed by atoms with Crippen LogP contribution in [0, 0.1) is 0 Å². The number of hydrogen-bond acceptors (Lipinski definition) is 5. The van der Waals surface area contributed by atoms with Gasteiger partial charge in [0.2, 0.25) is 0 Å². The molecule has 0 amide bonds. The Morgan fingerprint density at radius 1 is 1.00 bits per heavy atom. The number of ether oxygens (including phenoxy) is 1. The lowest BCUT2D eigenvalue weighted by molar-refractivity contribution is -0.135. The van der Waals surface area contributed by atoms with Crippen molar-refractivity contribution >= 4 is 23.2 Å². The van der Waals surface area contributed by atoms with Gasteiger partial charge in [0.05, 0.1) is 7.11 Å². The molecular formula is C21H19NO5. The number of fused-ring (bicyclic) bond motifs is 1. The van der Waals surface area contributed by atoms with Crippen LogP contribution in [-0.2, 0) is 4.79 Å². The van der Waals surface area contributed by atoms with Crippen molar-refractivity contribution in [2.24, 2.45) is 0 Å². The normalized spacial score (nSPS) is 13.4. The van der Waals surface area contributed by atoms with Crippen molar-refractivity contribution in [2.75, 3.05) is 25.1 Å². The number of aliphatic carboxylic acids is 1. The third-order valence-corrected chi connectivity index (χ3v) is 4.60. The van der Waals surface area contributed by atoms with Crippen LogP contribution in [0.25, 0.3) is 0 Å². The van der Waals surface area contributed by atoms with E-state index in [2.05, 4.69) is 0 Å². The minimum absolute atomic E-state index is 0.0311. The van der Waals surface area contributed by atoms with Gasteiger partial charge in [-0.05, 0) is 31.2 Å². The SMILES string of the molecule is COc1ccc(N(CC(=O)O)CC2=C(C)C(=O)c3ccccc3C2=O)cc1. The summed E-state index contributed by atoms with van der Waals surface area (Å²) in [6.07, 6.45) is 0. The predicted molar refractivity (Wildman–Crippen MR) is 101 cm³/mol. The first kappa shape index (κ1) is 18.4. The maximum absolute atomic E-state index is 12.9. The lowest BCUT2D eigenvalue weighted by atomic mass is 9.84. The van der Waals surface area contributed by atoms with Crippen LogP contribution in [0.5, 0.6) is 5.75 Å². The van der Waals surface area contributed by atoms with Gasteiger partial charge in [-0.3, -0.25) is 14.4 Å². The van der Waals surface area contributed by atoms with Crippen LogP contribution in [0.3, 0.4) is 0 Å². The number of hydrogen-bond donors (Lipinski definition) is 1. The Bertz CT molecular complexity index is 943. The quantitative estimate of drug-likeness (QED) is 0.847. The van der Waals surface area contributed by atoms with E-state index in [1.807, 2.05) is 0 Å². The number of ketones is 2. The van der Waals surface area contributed by atoms with Gasteiger partial charge >= 0.3 is 5.97 Å². The monoisotopic (exact) mass is 365 g/mol. The van der Waals surface area contributed by atoms with Gasteiger partial charge in [0.1, 0.15) is 12.3 Å². The van der Waals surface area contributed by atoms with Gasteiger partial charge in [-0.1, -0.05) is 24.3 Å². The van der Waals surface area contributed by atoms with Crippen LogP contribution in [-0.4, -0.2) is 42.8 Å². The molecule has 0 unspecified atom stereocenters. The molecule has 3 rings (SSSR count). The summed E-state index contributed by atoms with van der Waals surface area (Å²) in [4.78, 5) is 38.5. The lowest BCUT2D eigenvalue weighted by Gasteiger charge is -2.27. The number of rotatable bonds is 6. The van der Waals surface area contributed by atoms with E-state index in [1.54, 1.807) is 67.5 Å². The first-order valence-corrected chi connectivity index (χ1v) is 8.41. The largest absolute Gasteiger partial charge is 0.497 e. The summed E-state index contributed by atoms with van der Waals surface area (Å²) in [5, 5.41) is 9.28. The van der Waals surface area contributed by atoms with Crippen molar-refractivity contribution in [1.82, 2.24) is 0 Å². The van der Waals surface area contributed by atoms with Crippen LogP contribution >= 0.6 is 0 Å². The molecule has 0 fully saturated rings. The molecule has 2 aromatic carbocycles. The molecule has 0 radical (unpaired) electrons. The zero-order valence-corrected chi connectivity index (χ0v) is 15.1. The van der Waals surface area contributed by atoms with Crippen molar-refractivity contribution in [1.29, 1.82) is 0 Å². The number of carbonyl (C=O) groups excluding carboxylic acids is 2. The minimum atomic E-state index is -1.03. The van der Waals surface area contributed by atoms with E-state index in [4.69, 9.17) is 4.74 Å². The smallest absolute Gasteiger partial charge is 0.323 e. The Hall–Kier alpha value is -3.41. The highest BCUT2D eigenvalue weighted by Gasteiger charge is 2.30. The number of anilines is 1. The number of Topliss-reactive ketones (excluding diaryl/α,β-unsaturated/α-hetero) is 2. The summed E-state index contributed by atoms with van der Waals surface area (Å²) >= 11 is 0. The first-order chi connectivity index (χ1) is 12.9. The summed E-state index contributed by atoms with van der Waals surface area (Å²) in [7, 11) is 1.54. The van der Waals surface area contributed by atoms with Gasteiger partial charge in [-0.25, -0.2) is 0 Å². The predicted octanol–water partition coefficient (Wildman–Crippen LogP) is 2.98. The van der Waals surface area contributed by atoms with Gasteiger partial charge in [0.25, 0.3) is 0 Å². The molecule has 138 valence electrons. The Labute approximate surface area is 156 Å². The molecule has 6 heteroatoms. The van der Waals surface area contributed by atoms with Crippen molar-refractivity contribution in [3.8, 4) is 5.75 Å². The molecule has 0 bridgehead atoms. The molecule has 0 saturated heterocycles. The average molecular weight is 365 g/mol. The molecule has 0 spiro atoms. The molecule has 2 aromatic rings. The Balaban J connectivity index is 1.97. The first-order valence-electron chi connectivity index (χ1n) is 8.41. The van der Waals surface area contributed by atoms with Crippen LogP contribution in [0.1, 0.15) is 27.6 Å². The fourth-order valence-corrected chi connectivity index (χ4v) is 3.13. The molecule has 0 atom stereocenters. The molecule has 0 aromatic heterocycles. The Morgan fingerprint density at radius 2 is 1.59 bits per heavy atom. The van der Waals surface area contributed by atoms with Crippen LogP contribution in [0.15, 0.2) is 59.7 Å². The third-order valence-electron chi connectivity index (χ3n) is 4.60. The van der Waals surface area contributed by atoms with E-state index in [1.165, 1.54) is 0 Å². The molecule has 27 heavy (non-hydrogen) atoms. The molecule has 1 N–H and O–H groups in total. The van der Waals surface area contributed by atoms with Crippen LogP contribution < -0.4 is 9.64 Å². The highest BCUT2D eigenvalue weighted by Crippen LogP contribution is 2.28. The highest BCUT2D eigenvalue weighted by atomic mass is 16.5. The average Bonchev–Trinajstić information content (AvgIpc) is 2.68. The maximum Gasteiger partial charge on any atom is 0.323 e.